The summed E-state index contributed by atoms with van der Waals surface area (Å²) in [7, 11) is 3.92. The number of amides is 1. The summed E-state index contributed by atoms with van der Waals surface area (Å²) in [6.45, 7) is 1.16. The van der Waals surface area contributed by atoms with E-state index in [0.717, 1.165) is 38.6 Å². The maximum Gasteiger partial charge on any atom is 0.255 e. The number of carbonyl (C=O) groups is 1. The maximum atomic E-state index is 14.7. The van der Waals surface area contributed by atoms with Gasteiger partial charge in [0.1, 0.15) is 23.9 Å². The third kappa shape index (κ3) is 5.91. The molecule has 0 aliphatic rings. The Bertz CT molecular complexity index is 2190. The molecule has 0 spiro atoms. The van der Waals surface area contributed by atoms with E-state index in [4.69, 9.17) is 4.74 Å². The number of anilines is 1. The number of halogens is 1. The van der Waals surface area contributed by atoms with Crippen molar-refractivity contribution in [3.05, 3.63) is 109 Å². The van der Waals surface area contributed by atoms with Gasteiger partial charge in [-0.2, -0.15) is 5.10 Å². The molecule has 7 aromatic rings. The smallest absolute Gasteiger partial charge is 0.255 e. The van der Waals surface area contributed by atoms with E-state index in [1.54, 1.807) is 43.1 Å². The van der Waals surface area contributed by atoms with E-state index in [1.165, 1.54) is 12.1 Å². The fraction of sp³-hybridized carbons (Fsp3) is 0.114. The van der Waals surface area contributed by atoms with Crippen molar-refractivity contribution in [2.45, 2.75) is 0 Å². The molecule has 0 saturated heterocycles. The number of benzene rings is 2. The Morgan fingerprint density at radius 1 is 0.891 bits per heavy atom. The lowest BCUT2D eigenvalue weighted by Gasteiger charge is -2.12. The minimum absolute atomic E-state index is 0.223. The summed E-state index contributed by atoms with van der Waals surface area (Å²) in [5.41, 5.74) is 6.91. The van der Waals surface area contributed by atoms with Gasteiger partial charge in [0.25, 0.3) is 5.91 Å². The van der Waals surface area contributed by atoms with Crippen LogP contribution >= 0.6 is 0 Å². The molecule has 46 heavy (non-hydrogen) atoms. The third-order valence-corrected chi connectivity index (χ3v) is 7.57. The van der Waals surface area contributed by atoms with E-state index >= 15 is 0 Å². The van der Waals surface area contributed by atoms with Crippen LogP contribution < -0.4 is 10.1 Å². The molecule has 10 nitrogen and oxygen atoms in total. The molecule has 0 saturated carbocycles. The summed E-state index contributed by atoms with van der Waals surface area (Å²) >= 11 is 0. The molecule has 0 fully saturated rings. The van der Waals surface area contributed by atoms with E-state index < -0.39 is 0 Å². The summed E-state index contributed by atoms with van der Waals surface area (Å²) in [5.74, 6) is -0.151. The summed E-state index contributed by atoms with van der Waals surface area (Å²) in [6.07, 6.45) is 8.47. The molecule has 2 aromatic carbocycles. The van der Waals surface area contributed by atoms with Crippen LogP contribution in [0.2, 0.25) is 0 Å². The minimum Gasteiger partial charge on any atom is -0.492 e. The Kier molecular flexibility index (Phi) is 7.65. The molecule has 3 N–H and O–H groups in total. The SMILES string of the molecule is CN(C)CCOc1cc(F)cc(-c2cncc3[nH]c(-c4n[nH]c5cnc(-c6cncc(NC(=O)c7ccccc7)c6)cc45)cc23)c1. The Morgan fingerprint density at radius 2 is 1.74 bits per heavy atom. The van der Waals surface area contributed by atoms with E-state index in [0.29, 0.717) is 47.1 Å². The van der Waals surface area contributed by atoms with Crippen LogP contribution in [0.5, 0.6) is 5.75 Å². The lowest BCUT2D eigenvalue weighted by Crippen LogP contribution is -2.19. The highest BCUT2D eigenvalue weighted by Crippen LogP contribution is 2.35. The molecule has 11 heteroatoms. The number of carbonyl (C=O) groups excluding carboxylic acids is 1. The number of hydrogen-bond acceptors (Lipinski definition) is 7. The monoisotopic (exact) mass is 612 g/mol. The molecule has 1 amide bonds. The quantitative estimate of drug-likeness (QED) is 0.169. The van der Waals surface area contributed by atoms with Crippen LogP contribution in [0.15, 0.2) is 97.7 Å². The molecule has 0 bridgehead atoms. The van der Waals surface area contributed by atoms with Crippen LogP contribution in [-0.2, 0) is 0 Å². The van der Waals surface area contributed by atoms with Crippen LogP contribution in [0, 0.1) is 5.82 Å². The lowest BCUT2D eigenvalue weighted by molar-refractivity contribution is 0.102. The number of rotatable bonds is 9. The van der Waals surface area contributed by atoms with Gasteiger partial charge in [-0.1, -0.05) is 18.2 Å². The van der Waals surface area contributed by atoms with Crippen LogP contribution in [0.1, 0.15) is 10.4 Å². The second-order valence-corrected chi connectivity index (χ2v) is 11.1. The van der Waals surface area contributed by atoms with Gasteiger partial charge >= 0.3 is 0 Å². The molecular weight excluding hydrogens is 583 g/mol. The van der Waals surface area contributed by atoms with Crippen molar-refractivity contribution in [3.8, 4) is 39.5 Å². The number of likely N-dealkylation sites (N-methyl/N-ethyl adjacent to an activating group) is 1. The van der Waals surface area contributed by atoms with Gasteiger partial charge in [0.2, 0.25) is 0 Å². The van der Waals surface area contributed by atoms with Crippen LogP contribution in [-0.4, -0.2) is 68.2 Å². The molecule has 228 valence electrons. The molecule has 0 aliphatic carbocycles. The second-order valence-electron chi connectivity index (χ2n) is 11.1. The molecule has 0 unspecified atom stereocenters. The average Bonchev–Trinajstić information content (AvgIpc) is 3.69. The number of nitrogens with one attached hydrogen (secondary N) is 3. The van der Waals surface area contributed by atoms with E-state index in [9.17, 15) is 9.18 Å². The third-order valence-electron chi connectivity index (χ3n) is 7.57. The van der Waals surface area contributed by atoms with Crippen molar-refractivity contribution >= 4 is 33.4 Å². The number of pyridine rings is 3. The van der Waals surface area contributed by atoms with Crippen molar-refractivity contribution in [3.63, 3.8) is 0 Å². The first-order valence-electron chi connectivity index (χ1n) is 14.6. The normalized spacial score (nSPS) is 11.4. The van der Waals surface area contributed by atoms with Gasteiger partial charge < -0.3 is 19.9 Å². The fourth-order valence-electron chi connectivity index (χ4n) is 5.28. The summed E-state index contributed by atoms with van der Waals surface area (Å²) in [5, 5.41) is 12.3. The number of hydrogen-bond donors (Lipinski definition) is 3. The first-order chi connectivity index (χ1) is 22.4. The maximum absolute atomic E-state index is 14.7. The molecule has 5 aromatic heterocycles. The first-order valence-corrected chi connectivity index (χ1v) is 14.6. The van der Waals surface area contributed by atoms with Gasteiger partial charge in [-0.15, -0.1) is 0 Å². The lowest BCUT2D eigenvalue weighted by atomic mass is 10.0. The van der Waals surface area contributed by atoms with Gasteiger partial charge in [-0.05, 0) is 62.1 Å². The highest BCUT2D eigenvalue weighted by atomic mass is 19.1. The number of ether oxygens (including phenoxy) is 1. The Labute approximate surface area is 263 Å². The molecule has 0 aliphatic heterocycles. The number of aromatic nitrogens is 6. The van der Waals surface area contributed by atoms with Gasteiger partial charge in [0.15, 0.2) is 0 Å². The summed E-state index contributed by atoms with van der Waals surface area (Å²) in [4.78, 5) is 31.5. The van der Waals surface area contributed by atoms with Crippen molar-refractivity contribution in [2.24, 2.45) is 0 Å². The predicted molar refractivity (Wildman–Crippen MR) is 176 cm³/mol. The summed E-state index contributed by atoms with van der Waals surface area (Å²) in [6, 6.07) is 19.4. The van der Waals surface area contributed by atoms with E-state index in [1.807, 2.05) is 61.5 Å². The molecular formula is C35H29FN8O2. The largest absolute Gasteiger partial charge is 0.492 e. The predicted octanol–water partition coefficient (Wildman–Crippen LogP) is 6.56. The molecule has 0 atom stereocenters. The van der Waals surface area contributed by atoms with Crippen molar-refractivity contribution in [1.82, 2.24) is 35.0 Å². The van der Waals surface area contributed by atoms with Gasteiger partial charge in [0.05, 0.1) is 46.7 Å². The standard InChI is InChI=1S/C35H29FN8O2/c1-44(2)8-9-46-26-12-22(10-24(36)13-26)29-18-38-19-32-27(29)14-31(41-32)34-28-15-30(39-20-33(28)42-43-34)23-11-25(17-37-16-23)40-35(45)21-6-4-3-5-7-21/h3-7,10-20,41H,8-9H2,1-2H3,(H,40,45)(H,42,43). The Hall–Kier alpha value is -5.94. The zero-order valence-electron chi connectivity index (χ0n) is 25.1. The second kappa shape index (κ2) is 12.2. The minimum atomic E-state index is -0.387. The van der Waals surface area contributed by atoms with Gasteiger partial charge in [-0.3, -0.25) is 24.8 Å². The van der Waals surface area contributed by atoms with Crippen molar-refractivity contribution < 1.29 is 13.9 Å². The number of aromatic amines is 2. The van der Waals surface area contributed by atoms with Gasteiger partial charge in [0, 0.05) is 52.5 Å². The van der Waals surface area contributed by atoms with Crippen LogP contribution in [0.25, 0.3) is 55.6 Å². The van der Waals surface area contributed by atoms with Gasteiger partial charge in [-0.25, -0.2) is 4.39 Å². The highest BCUT2D eigenvalue weighted by Gasteiger charge is 2.17. The highest BCUT2D eigenvalue weighted by molar-refractivity contribution is 6.04. The van der Waals surface area contributed by atoms with E-state index in [2.05, 4.69) is 35.5 Å². The Morgan fingerprint density at radius 3 is 2.59 bits per heavy atom. The van der Waals surface area contributed by atoms with Crippen LogP contribution in [0.4, 0.5) is 10.1 Å². The molecule has 7 rings (SSSR count). The zero-order chi connectivity index (χ0) is 31.6. The molecule has 0 radical (unpaired) electrons. The number of H-pyrrole nitrogens is 2. The fourth-order valence-corrected chi connectivity index (χ4v) is 5.28. The van der Waals surface area contributed by atoms with E-state index in [-0.39, 0.29) is 11.7 Å². The topological polar surface area (TPSA) is 125 Å². The average molecular weight is 613 g/mol. The number of fused-ring (bicyclic) bond motifs is 2. The molecule has 5 heterocycles. The van der Waals surface area contributed by atoms with Crippen molar-refractivity contribution in [2.75, 3.05) is 32.6 Å². The first kappa shape index (κ1) is 28.8. The van der Waals surface area contributed by atoms with Crippen LogP contribution in [0.3, 0.4) is 0 Å². The zero-order valence-corrected chi connectivity index (χ0v) is 25.1. The van der Waals surface area contributed by atoms with Crippen molar-refractivity contribution in [1.29, 1.82) is 0 Å². The summed E-state index contributed by atoms with van der Waals surface area (Å²) < 4.78 is 20.5. The number of nitrogens with zero attached hydrogens (tertiary/aromatic N) is 5. The Balaban J connectivity index is 1.21.